The molecule has 0 amide bonds. The molecule has 1 aliphatic heterocycles. The predicted molar refractivity (Wildman–Crippen MR) is 138 cm³/mol. The summed E-state index contributed by atoms with van der Waals surface area (Å²) in [5.74, 6) is 2.88. The lowest BCUT2D eigenvalue weighted by Gasteiger charge is -2.30. The standard InChI is InChI=1S/C26H31N5O3S/c1-15-11-16(2)31(30-15)25-28-23(27-10-9-17-7-8-19(32-5)20(12-17)33-6)22-18-13-26(3,4)34-14-21(18)35-24(22)29-25/h7-8,11-12H,9-10,13-14H2,1-6H3,(H,27,28,29). The van der Waals surface area contributed by atoms with Crippen molar-refractivity contribution < 1.29 is 14.2 Å². The van der Waals surface area contributed by atoms with Gasteiger partial charge < -0.3 is 19.5 Å². The first kappa shape index (κ1) is 23.6. The number of thiophene rings is 1. The fourth-order valence-electron chi connectivity index (χ4n) is 4.55. The quantitative estimate of drug-likeness (QED) is 0.387. The molecule has 0 atom stereocenters. The molecule has 1 aliphatic rings. The topological polar surface area (TPSA) is 83.3 Å². The number of hydrogen-bond donors (Lipinski definition) is 1. The fraction of sp³-hybridized carbons (Fsp3) is 0.423. The van der Waals surface area contributed by atoms with Crippen molar-refractivity contribution in [2.24, 2.45) is 0 Å². The number of hydrogen-bond acceptors (Lipinski definition) is 8. The number of fused-ring (bicyclic) bond motifs is 3. The highest BCUT2D eigenvalue weighted by Crippen LogP contribution is 2.41. The van der Waals surface area contributed by atoms with Crippen LogP contribution in [-0.2, 0) is 24.2 Å². The van der Waals surface area contributed by atoms with E-state index in [4.69, 9.17) is 24.2 Å². The van der Waals surface area contributed by atoms with E-state index >= 15 is 0 Å². The zero-order chi connectivity index (χ0) is 24.7. The van der Waals surface area contributed by atoms with Crippen LogP contribution in [0.25, 0.3) is 16.2 Å². The van der Waals surface area contributed by atoms with Gasteiger partial charge in [0.1, 0.15) is 10.6 Å². The van der Waals surface area contributed by atoms with E-state index in [1.54, 1.807) is 25.6 Å². The van der Waals surface area contributed by atoms with Crippen molar-refractivity contribution in [3.8, 4) is 17.4 Å². The van der Waals surface area contributed by atoms with Gasteiger partial charge in [0.15, 0.2) is 11.5 Å². The first-order valence-corrected chi connectivity index (χ1v) is 12.5. The van der Waals surface area contributed by atoms with Crippen molar-refractivity contribution in [1.82, 2.24) is 19.7 Å². The van der Waals surface area contributed by atoms with Gasteiger partial charge in [0, 0.05) is 23.5 Å². The Morgan fingerprint density at radius 1 is 1.11 bits per heavy atom. The summed E-state index contributed by atoms with van der Waals surface area (Å²) in [6.07, 6.45) is 1.64. The number of nitrogens with zero attached hydrogens (tertiary/aromatic N) is 4. The normalized spacial score (nSPS) is 14.7. The van der Waals surface area contributed by atoms with E-state index in [0.29, 0.717) is 19.1 Å². The molecule has 35 heavy (non-hydrogen) atoms. The number of nitrogens with one attached hydrogen (secondary N) is 1. The van der Waals surface area contributed by atoms with Crippen LogP contribution in [0.3, 0.4) is 0 Å². The van der Waals surface area contributed by atoms with Crippen LogP contribution in [0.5, 0.6) is 11.5 Å². The van der Waals surface area contributed by atoms with Crippen LogP contribution < -0.4 is 14.8 Å². The summed E-state index contributed by atoms with van der Waals surface area (Å²) < 4.78 is 18.7. The maximum Gasteiger partial charge on any atom is 0.254 e. The number of rotatable bonds is 7. The summed E-state index contributed by atoms with van der Waals surface area (Å²) in [5, 5.41) is 9.31. The molecule has 0 spiro atoms. The third kappa shape index (κ3) is 4.58. The Morgan fingerprint density at radius 2 is 1.91 bits per heavy atom. The van der Waals surface area contributed by atoms with Gasteiger partial charge in [0.05, 0.1) is 37.5 Å². The third-order valence-corrected chi connectivity index (χ3v) is 7.37. The van der Waals surface area contributed by atoms with Gasteiger partial charge in [-0.2, -0.15) is 15.1 Å². The summed E-state index contributed by atoms with van der Waals surface area (Å²) in [7, 11) is 3.30. The first-order chi connectivity index (χ1) is 16.8. The summed E-state index contributed by atoms with van der Waals surface area (Å²) in [6.45, 7) is 9.58. The Bertz CT molecular complexity index is 1390. The van der Waals surface area contributed by atoms with Gasteiger partial charge >= 0.3 is 0 Å². The third-order valence-electron chi connectivity index (χ3n) is 6.27. The molecule has 3 aromatic heterocycles. The molecular formula is C26H31N5O3S. The van der Waals surface area contributed by atoms with E-state index in [1.807, 2.05) is 36.7 Å². The Kier molecular flexibility index (Phi) is 6.14. The highest BCUT2D eigenvalue weighted by Gasteiger charge is 2.31. The van der Waals surface area contributed by atoms with Gasteiger partial charge in [-0.1, -0.05) is 6.07 Å². The van der Waals surface area contributed by atoms with E-state index in [-0.39, 0.29) is 5.60 Å². The monoisotopic (exact) mass is 493 g/mol. The van der Waals surface area contributed by atoms with E-state index in [9.17, 15) is 0 Å². The number of aryl methyl sites for hydroxylation is 2. The average molecular weight is 494 g/mol. The molecule has 9 heteroatoms. The van der Waals surface area contributed by atoms with E-state index in [1.165, 1.54) is 10.4 Å². The SMILES string of the molecule is COc1ccc(CCNc2nc(-n3nc(C)cc3C)nc3sc4c(c23)CC(C)(C)OC4)cc1OC. The number of anilines is 1. The number of methoxy groups -OCH3 is 2. The molecule has 1 N–H and O–H groups in total. The molecule has 0 bridgehead atoms. The van der Waals surface area contributed by atoms with Crippen LogP contribution in [0.4, 0.5) is 5.82 Å². The van der Waals surface area contributed by atoms with Crippen molar-refractivity contribution in [1.29, 1.82) is 0 Å². The molecule has 0 unspecified atom stereocenters. The molecule has 0 saturated heterocycles. The highest BCUT2D eigenvalue weighted by atomic mass is 32.1. The number of benzene rings is 1. The van der Waals surface area contributed by atoms with Crippen molar-refractivity contribution in [2.75, 3.05) is 26.1 Å². The van der Waals surface area contributed by atoms with E-state index in [2.05, 4.69) is 30.3 Å². The lowest BCUT2D eigenvalue weighted by atomic mass is 9.94. The summed E-state index contributed by atoms with van der Waals surface area (Å²) in [5.41, 5.74) is 4.17. The molecule has 0 saturated carbocycles. The van der Waals surface area contributed by atoms with Crippen LogP contribution in [-0.4, -0.2) is 46.1 Å². The predicted octanol–water partition coefficient (Wildman–Crippen LogP) is 5.02. The van der Waals surface area contributed by atoms with Gasteiger partial charge in [-0.25, -0.2) is 4.68 Å². The van der Waals surface area contributed by atoms with Crippen molar-refractivity contribution in [3.05, 3.63) is 51.7 Å². The van der Waals surface area contributed by atoms with Gasteiger partial charge in [0.25, 0.3) is 5.95 Å². The van der Waals surface area contributed by atoms with E-state index in [0.717, 1.165) is 57.3 Å². The maximum absolute atomic E-state index is 6.08. The number of ether oxygens (including phenoxy) is 3. The minimum atomic E-state index is -0.216. The second kappa shape index (κ2) is 9.13. The molecule has 184 valence electrons. The Hall–Kier alpha value is -3.17. The molecule has 4 aromatic rings. The molecule has 0 aliphatic carbocycles. The zero-order valence-electron chi connectivity index (χ0n) is 21.1. The summed E-state index contributed by atoms with van der Waals surface area (Å²) in [6, 6.07) is 8.05. The largest absolute Gasteiger partial charge is 0.493 e. The van der Waals surface area contributed by atoms with Crippen LogP contribution in [0.15, 0.2) is 24.3 Å². The molecule has 5 rings (SSSR count). The van der Waals surface area contributed by atoms with Crippen LogP contribution in [0.1, 0.15) is 41.2 Å². The minimum Gasteiger partial charge on any atom is -0.493 e. The van der Waals surface area contributed by atoms with Crippen molar-refractivity contribution in [2.45, 2.75) is 52.7 Å². The lowest BCUT2D eigenvalue weighted by molar-refractivity contribution is -0.0379. The summed E-state index contributed by atoms with van der Waals surface area (Å²) >= 11 is 1.69. The van der Waals surface area contributed by atoms with Gasteiger partial charge in [-0.15, -0.1) is 11.3 Å². The molecule has 8 nitrogen and oxygen atoms in total. The molecule has 1 aromatic carbocycles. The lowest BCUT2D eigenvalue weighted by Crippen LogP contribution is -2.31. The smallest absolute Gasteiger partial charge is 0.254 e. The average Bonchev–Trinajstić information content (AvgIpc) is 3.36. The fourth-order valence-corrected chi connectivity index (χ4v) is 5.65. The van der Waals surface area contributed by atoms with Crippen LogP contribution in [0.2, 0.25) is 0 Å². The second-order valence-corrected chi connectivity index (χ2v) is 10.6. The minimum absolute atomic E-state index is 0.216. The number of aromatic nitrogens is 4. The molecular weight excluding hydrogens is 462 g/mol. The Morgan fingerprint density at radius 3 is 2.63 bits per heavy atom. The van der Waals surface area contributed by atoms with Gasteiger partial charge in [0.2, 0.25) is 0 Å². The van der Waals surface area contributed by atoms with Crippen LogP contribution >= 0.6 is 11.3 Å². The zero-order valence-corrected chi connectivity index (χ0v) is 21.9. The Balaban J connectivity index is 1.51. The Labute approximate surface area is 209 Å². The molecule has 4 heterocycles. The van der Waals surface area contributed by atoms with Crippen molar-refractivity contribution in [3.63, 3.8) is 0 Å². The maximum atomic E-state index is 6.08. The second-order valence-electron chi connectivity index (χ2n) is 9.49. The van der Waals surface area contributed by atoms with Gasteiger partial charge in [-0.3, -0.25) is 0 Å². The van der Waals surface area contributed by atoms with E-state index < -0.39 is 0 Å². The molecule has 0 radical (unpaired) electrons. The summed E-state index contributed by atoms with van der Waals surface area (Å²) in [4.78, 5) is 12.1. The highest BCUT2D eigenvalue weighted by molar-refractivity contribution is 7.19. The van der Waals surface area contributed by atoms with Crippen molar-refractivity contribution >= 4 is 27.4 Å². The van der Waals surface area contributed by atoms with Crippen LogP contribution in [0, 0.1) is 13.8 Å². The van der Waals surface area contributed by atoms with Gasteiger partial charge in [-0.05, 0) is 63.4 Å². The first-order valence-electron chi connectivity index (χ1n) is 11.7. The molecule has 0 fully saturated rings.